The number of ether oxygens (including phenoxy) is 1. The van der Waals surface area contributed by atoms with E-state index in [0.717, 1.165) is 39.1 Å². The van der Waals surface area contributed by atoms with Gasteiger partial charge < -0.3 is 4.74 Å². The first-order valence-corrected chi connectivity index (χ1v) is 9.47. The minimum Gasteiger partial charge on any atom is -0.489 e. The van der Waals surface area contributed by atoms with Crippen LogP contribution in [0.2, 0.25) is 5.02 Å². The van der Waals surface area contributed by atoms with Gasteiger partial charge in [0.25, 0.3) is 0 Å². The van der Waals surface area contributed by atoms with Gasteiger partial charge in [-0.1, -0.05) is 29.8 Å². The number of nitrogens with zero attached hydrogens (tertiary/aromatic N) is 6. The van der Waals surface area contributed by atoms with E-state index in [1.807, 2.05) is 56.4 Å². The van der Waals surface area contributed by atoms with Gasteiger partial charge in [-0.05, 0) is 42.3 Å². The molecule has 3 aromatic heterocycles. The standard InChI is InChI=1S/C21H17ClN6O/c1-13-8-16(22)6-7-18(13)29-11-14-4-3-5-15(9-14)19-25-21-17-10-24-27(2)20(17)23-12-28(21)26-19/h3-10,12H,11H2,1-2H3. The van der Waals surface area contributed by atoms with Gasteiger partial charge in [-0.15, -0.1) is 5.10 Å². The lowest BCUT2D eigenvalue weighted by molar-refractivity contribution is 0.304. The maximum atomic E-state index is 6.01. The molecule has 0 aliphatic rings. The molecule has 144 valence electrons. The smallest absolute Gasteiger partial charge is 0.182 e. The third kappa shape index (κ3) is 3.19. The Labute approximate surface area is 171 Å². The highest BCUT2D eigenvalue weighted by Gasteiger charge is 2.13. The maximum Gasteiger partial charge on any atom is 0.182 e. The first-order chi connectivity index (χ1) is 14.1. The highest BCUT2D eigenvalue weighted by atomic mass is 35.5. The van der Waals surface area contributed by atoms with Crippen LogP contribution < -0.4 is 4.74 Å². The Morgan fingerprint density at radius 1 is 1.10 bits per heavy atom. The molecule has 0 saturated heterocycles. The maximum absolute atomic E-state index is 6.01. The van der Waals surface area contributed by atoms with Crippen LogP contribution in [0.3, 0.4) is 0 Å². The predicted molar refractivity (Wildman–Crippen MR) is 111 cm³/mol. The molecule has 7 nitrogen and oxygen atoms in total. The number of rotatable bonds is 4. The van der Waals surface area contributed by atoms with Gasteiger partial charge >= 0.3 is 0 Å². The lowest BCUT2D eigenvalue weighted by Crippen LogP contribution is -1.97. The van der Waals surface area contributed by atoms with Crippen LogP contribution in [0.4, 0.5) is 0 Å². The highest BCUT2D eigenvalue weighted by Crippen LogP contribution is 2.24. The average molecular weight is 405 g/mol. The van der Waals surface area contributed by atoms with Gasteiger partial charge in [0, 0.05) is 17.6 Å². The summed E-state index contributed by atoms with van der Waals surface area (Å²) >= 11 is 6.01. The fourth-order valence-electron chi connectivity index (χ4n) is 3.30. The van der Waals surface area contributed by atoms with E-state index in [-0.39, 0.29) is 0 Å². The summed E-state index contributed by atoms with van der Waals surface area (Å²) in [6.45, 7) is 2.42. The Balaban J connectivity index is 1.45. The van der Waals surface area contributed by atoms with Crippen molar-refractivity contribution in [2.24, 2.45) is 7.05 Å². The zero-order valence-corrected chi connectivity index (χ0v) is 16.6. The normalized spacial score (nSPS) is 11.4. The van der Waals surface area contributed by atoms with Crippen LogP contribution in [0.5, 0.6) is 5.75 Å². The molecule has 5 rings (SSSR count). The number of benzene rings is 2. The molecule has 0 saturated carbocycles. The zero-order chi connectivity index (χ0) is 20.0. The van der Waals surface area contributed by atoms with Crippen LogP contribution in [0.1, 0.15) is 11.1 Å². The molecule has 5 aromatic rings. The van der Waals surface area contributed by atoms with Crippen LogP contribution in [0, 0.1) is 6.92 Å². The molecule has 2 aromatic carbocycles. The summed E-state index contributed by atoms with van der Waals surface area (Å²) in [5, 5.41) is 10.4. The van der Waals surface area contributed by atoms with Crippen molar-refractivity contribution in [3.8, 4) is 17.1 Å². The van der Waals surface area contributed by atoms with E-state index in [4.69, 9.17) is 21.3 Å². The summed E-state index contributed by atoms with van der Waals surface area (Å²) < 4.78 is 9.37. The molecule has 8 heteroatoms. The van der Waals surface area contributed by atoms with Gasteiger partial charge in [0.2, 0.25) is 0 Å². The lowest BCUT2D eigenvalue weighted by Gasteiger charge is -2.10. The first kappa shape index (κ1) is 17.6. The third-order valence-corrected chi connectivity index (χ3v) is 5.02. The molecule has 0 atom stereocenters. The SMILES string of the molecule is Cc1cc(Cl)ccc1OCc1cccc(-c2nc3c4cnn(C)c4ncn3n2)c1. The first-order valence-electron chi connectivity index (χ1n) is 9.10. The highest BCUT2D eigenvalue weighted by molar-refractivity contribution is 6.30. The van der Waals surface area contributed by atoms with Crippen molar-refractivity contribution < 1.29 is 4.74 Å². The van der Waals surface area contributed by atoms with Gasteiger partial charge in [0.15, 0.2) is 17.1 Å². The Bertz CT molecular complexity index is 1360. The number of halogens is 1. The monoisotopic (exact) mass is 404 g/mol. The second-order valence-corrected chi connectivity index (χ2v) is 7.29. The molecule has 0 unspecified atom stereocenters. The summed E-state index contributed by atoms with van der Waals surface area (Å²) in [7, 11) is 1.86. The van der Waals surface area contributed by atoms with Crippen molar-refractivity contribution in [2.45, 2.75) is 13.5 Å². The minimum atomic E-state index is 0.443. The molecule has 0 amide bonds. The summed E-state index contributed by atoms with van der Waals surface area (Å²) in [6, 6.07) is 13.6. The Morgan fingerprint density at radius 2 is 2.00 bits per heavy atom. The zero-order valence-electron chi connectivity index (χ0n) is 15.9. The number of aryl methyl sites for hydroxylation is 2. The number of hydrogen-bond donors (Lipinski definition) is 0. The largest absolute Gasteiger partial charge is 0.489 e. The Kier molecular flexibility index (Phi) is 4.17. The quantitative estimate of drug-likeness (QED) is 0.448. The van der Waals surface area contributed by atoms with Gasteiger partial charge in [0.1, 0.15) is 18.7 Å². The molecule has 0 bridgehead atoms. The fourth-order valence-corrected chi connectivity index (χ4v) is 3.52. The van der Waals surface area contributed by atoms with Crippen molar-refractivity contribution in [1.82, 2.24) is 29.4 Å². The summed E-state index contributed by atoms with van der Waals surface area (Å²) in [6.07, 6.45) is 3.42. The van der Waals surface area contributed by atoms with Gasteiger partial charge in [-0.2, -0.15) is 5.10 Å². The lowest BCUT2D eigenvalue weighted by atomic mass is 10.1. The molecule has 0 aliphatic carbocycles. The Hall–Kier alpha value is -3.45. The van der Waals surface area contributed by atoms with Gasteiger partial charge in [-0.3, -0.25) is 4.68 Å². The topological polar surface area (TPSA) is 70.1 Å². The van der Waals surface area contributed by atoms with Crippen LogP contribution >= 0.6 is 11.6 Å². The van der Waals surface area contributed by atoms with Gasteiger partial charge in [0.05, 0.1) is 11.6 Å². The van der Waals surface area contributed by atoms with E-state index in [2.05, 4.69) is 15.2 Å². The van der Waals surface area contributed by atoms with Gasteiger partial charge in [-0.25, -0.2) is 14.5 Å². The molecule has 0 radical (unpaired) electrons. The van der Waals surface area contributed by atoms with E-state index in [9.17, 15) is 0 Å². The van der Waals surface area contributed by atoms with Crippen molar-refractivity contribution in [2.75, 3.05) is 0 Å². The van der Waals surface area contributed by atoms with Crippen molar-refractivity contribution >= 4 is 28.3 Å². The Morgan fingerprint density at radius 3 is 2.86 bits per heavy atom. The average Bonchev–Trinajstić information content (AvgIpc) is 3.31. The van der Waals surface area contributed by atoms with E-state index < -0.39 is 0 Å². The molecular weight excluding hydrogens is 388 g/mol. The molecular formula is C21H17ClN6O. The van der Waals surface area contributed by atoms with Crippen molar-refractivity contribution in [3.05, 3.63) is 71.1 Å². The summed E-state index contributed by atoms with van der Waals surface area (Å²) in [4.78, 5) is 9.11. The summed E-state index contributed by atoms with van der Waals surface area (Å²) in [5.41, 5.74) is 4.46. The molecule has 0 N–H and O–H groups in total. The van der Waals surface area contributed by atoms with E-state index >= 15 is 0 Å². The number of aromatic nitrogens is 6. The fraction of sp³-hybridized carbons (Fsp3) is 0.143. The van der Waals surface area contributed by atoms with Crippen LogP contribution in [0.25, 0.3) is 28.1 Å². The van der Waals surface area contributed by atoms with Crippen molar-refractivity contribution in [3.63, 3.8) is 0 Å². The van der Waals surface area contributed by atoms with Crippen LogP contribution in [-0.4, -0.2) is 29.4 Å². The van der Waals surface area contributed by atoms with Crippen molar-refractivity contribution in [1.29, 1.82) is 0 Å². The van der Waals surface area contributed by atoms with E-state index in [1.165, 1.54) is 0 Å². The minimum absolute atomic E-state index is 0.443. The molecule has 3 heterocycles. The second-order valence-electron chi connectivity index (χ2n) is 6.85. The molecule has 0 aliphatic heterocycles. The van der Waals surface area contributed by atoms with E-state index in [0.29, 0.717) is 17.5 Å². The number of hydrogen-bond acceptors (Lipinski definition) is 5. The number of fused-ring (bicyclic) bond motifs is 3. The molecule has 29 heavy (non-hydrogen) atoms. The summed E-state index contributed by atoms with van der Waals surface area (Å²) in [5.74, 6) is 1.45. The molecule has 0 fully saturated rings. The molecule has 0 spiro atoms. The van der Waals surface area contributed by atoms with Crippen LogP contribution in [-0.2, 0) is 13.7 Å². The van der Waals surface area contributed by atoms with Crippen LogP contribution in [0.15, 0.2) is 55.0 Å². The second kappa shape index (κ2) is 6.86. The van der Waals surface area contributed by atoms with E-state index in [1.54, 1.807) is 21.7 Å². The predicted octanol–water partition coefficient (Wildman–Crippen LogP) is 4.22. The third-order valence-electron chi connectivity index (χ3n) is 4.79.